The van der Waals surface area contributed by atoms with E-state index in [-0.39, 0.29) is 0 Å². The van der Waals surface area contributed by atoms with Gasteiger partial charge in [-0.05, 0) is 58.7 Å². The highest BCUT2D eigenvalue weighted by atomic mass is 16.5. The van der Waals surface area contributed by atoms with Crippen molar-refractivity contribution in [2.24, 2.45) is 5.92 Å². The van der Waals surface area contributed by atoms with Gasteiger partial charge in [0.25, 0.3) is 0 Å². The molecule has 2 rings (SSSR count). The lowest BCUT2D eigenvalue weighted by atomic mass is 9.94. The van der Waals surface area contributed by atoms with Crippen molar-refractivity contribution in [1.82, 2.24) is 14.7 Å². The van der Waals surface area contributed by atoms with Crippen molar-refractivity contribution in [3.63, 3.8) is 0 Å². The van der Waals surface area contributed by atoms with Gasteiger partial charge in [0.15, 0.2) is 0 Å². The third-order valence-corrected chi connectivity index (χ3v) is 5.51. The number of likely N-dealkylation sites (tertiary alicyclic amines) is 1. The number of piperazine rings is 1. The van der Waals surface area contributed by atoms with Gasteiger partial charge in [-0.15, -0.1) is 0 Å². The third-order valence-electron chi connectivity index (χ3n) is 5.51. The van der Waals surface area contributed by atoms with E-state index in [0.717, 1.165) is 25.7 Å². The second-order valence-corrected chi connectivity index (χ2v) is 7.25. The van der Waals surface area contributed by atoms with E-state index in [1.54, 1.807) is 0 Å². The zero-order chi connectivity index (χ0) is 19.8. The molecule has 0 aromatic rings. The molecule has 0 unspecified atom stereocenters. The van der Waals surface area contributed by atoms with E-state index in [9.17, 15) is 0 Å². The fraction of sp³-hybridized carbons (Fsp3) is 1.00. The summed E-state index contributed by atoms with van der Waals surface area (Å²) in [7, 11) is 0. The minimum atomic E-state index is 0.692. The summed E-state index contributed by atoms with van der Waals surface area (Å²) in [5, 5.41) is 0. The molecule has 2 aliphatic heterocycles. The van der Waals surface area contributed by atoms with Crippen LogP contribution >= 0.6 is 0 Å². The van der Waals surface area contributed by atoms with Gasteiger partial charge < -0.3 is 9.64 Å². The molecular weight excluding hydrogens is 322 g/mol. The van der Waals surface area contributed by atoms with E-state index in [1.165, 1.54) is 65.1 Å². The number of hydrogen-bond acceptors (Lipinski definition) is 4. The van der Waals surface area contributed by atoms with Crippen molar-refractivity contribution < 1.29 is 4.74 Å². The van der Waals surface area contributed by atoms with Gasteiger partial charge in [-0.25, -0.2) is 0 Å². The van der Waals surface area contributed by atoms with Crippen LogP contribution in [0.1, 0.15) is 67.7 Å². The Morgan fingerprint density at radius 2 is 1.38 bits per heavy atom. The minimum Gasteiger partial charge on any atom is -0.380 e. The zero-order valence-corrected chi connectivity index (χ0v) is 19.1. The van der Waals surface area contributed by atoms with Crippen LogP contribution in [0.25, 0.3) is 0 Å². The molecule has 0 atom stereocenters. The highest BCUT2D eigenvalue weighted by Gasteiger charge is 2.19. The molecule has 0 radical (unpaired) electrons. The van der Waals surface area contributed by atoms with Gasteiger partial charge in [-0.1, -0.05) is 34.6 Å². The molecule has 2 fully saturated rings. The van der Waals surface area contributed by atoms with Crippen LogP contribution in [0.15, 0.2) is 0 Å². The molecule has 26 heavy (non-hydrogen) atoms. The number of piperidine rings is 1. The Balaban J connectivity index is 0.00000146. The summed E-state index contributed by atoms with van der Waals surface area (Å²) >= 11 is 0. The Labute approximate surface area is 165 Å². The molecule has 4 nitrogen and oxygen atoms in total. The van der Waals surface area contributed by atoms with Gasteiger partial charge in [0.1, 0.15) is 0 Å². The van der Waals surface area contributed by atoms with Gasteiger partial charge >= 0.3 is 0 Å². The van der Waals surface area contributed by atoms with Gasteiger partial charge in [0.05, 0.1) is 6.61 Å². The Morgan fingerprint density at radius 1 is 0.808 bits per heavy atom. The SMILES string of the molecule is CC.CC.CCN1CCC(CCOCCN2CCN(C(C)C)CC2)CC1. The van der Waals surface area contributed by atoms with Crippen molar-refractivity contribution in [1.29, 1.82) is 0 Å². The van der Waals surface area contributed by atoms with E-state index in [1.807, 2.05) is 27.7 Å². The highest BCUT2D eigenvalue weighted by Crippen LogP contribution is 2.20. The van der Waals surface area contributed by atoms with Gasteiger partial charge in [-0.3, -0.25) is 9.80 Å². The number of rotatable bonds is 8. The maximum absolute atomic E-state index is 5.90. The smallest absolute Gasteiger partial charge is 0.0593 e. The lowest BCUT2D eigenvalue weighted by Gasteiger charge is -2.36. The molecule has 158 valence electrons. The zero-order valence-electron chi connectivity index (χ0n) is 19.1. The van der Waals surface area contributed by atoms with E-state index in [4.69, 9.17) is 4.74 Å². The Bertz CT molecular complexity index is 283. The van der Waals surface area contributed by atoms with Crippen LogP contribution in [-0.4, -0.2) is 86.3 Å². The van der Waals surface area contributed by atoms with Crippen LogP contribution in [-0.2, 0) is 4.74 Å². The second kappa shape index (κ2) is 17.0. The van der Waals surface area contributed by atoms with Gasteiger partial charge in [0.2, 0.25) is 0 Å². The van der Waals surface area contributed by atoms with Crippen molar-refractivity contribution in [2.45, 2.75) is 73.8 Å². The molecule has 0 aromatic heterocycles. The predicted octanol–water partition coefficient (Wildman–Crippen LogP) is 4.20. The first-order chi connectivity index (χ1) is 12.7. The molecule has 0 aromatic carbocycles. The average Bonchev–Trinajstić information content (AvgIpc) is 2.71. The van der Waals surface area contributed by atoms with Crippen molar-refractivity contribution in [3.8, 4) is 0 Å². The fourth-order valence-electron chi connectivity index (χ4n) is 3.64. The predicted molar refractivity (Wildman–Crippen MR) is 116 cm³/mol. The van der Waals surface area contributed by atoms with Crippen LogP contribution in [0.2, 0.25) is 0 Å². The third kappa shape index (κ3) is 10.9. The summed E-state index contributed by atoms with van der Waals surface area (Å²) in [6.07, 6.45) is 4.00. The van der Waals surface area contributed by atoms with Gasteiger partial charge in [0, 0.05) is 45.4 Å². The summed E-state index contributed by atoms with van der Waals surface area (Å²) in [5.41, 5.74) is 0. The monoisotopic (exact) mass is 371 g/mol. The topological polar surface area (TPSA) is 19.0 Å². The van der Waals surface area contributed by atoms with Crippen LogP contribution < -0.4 is 0 Å². The highest BCUT2D eigenvalue weighted by molar-refractivity contribution is 4.74. The molecular formula is C22H49N3O. The number of nitrogens with zero attached hydrogens (tertiary/aromatic N) is 3. The summed E-state index contributed by atoms with van der Waals surface area (Å²) in [6.45, 7) is 26.5. The lowest BCUT2D eigenvalue weighted by Crippen LogP contribution is -2.49. The molecule has 4 heteroatoms. The molecule has 2 aliphatic rings. The molecule has 0 N–H and O–H groups in total. The quantitative estimate of drug-likeness (QED) is 0.595. The maximum atomic E-state index is 5.90. The van der Waals surface area contributed by atoms with Crippen LogP contribution in [0, 0.1) is 5.92 Å². The molecule has 0 saturated carbocycles. The average molecular weight is 372 g/mol. The maximum Gasteiger partial charge on any atom is 0.0593 e. The van der Waals surface area contributed by atoms with Crippen LogP contribution in [0.5, 0.6) is 0 Å². The van der Waals surface area contributed by atoms with E-state index >= 15 is 0 Å². The van der Waals surface area contributed by atoms with Gasteiger partial charge in [-0.2, -0.15) is 0 Å². The summed E-state index contributed by atoms with van der Waals surface area (Å²) in [6, 6.07) is 0.692. The van der Waals surface area contributed by atoms with E-state index < -0.39 is 0 Å². The summed E-state index contributed by atoms with van der Waals surface area (Å²) in [4.78, 5) is 7.69. The minimum absolute atomic E-state index is 0.692. The van der Waals surface area contributed by atoms with Crippen LogP contribution in [0.4, 0.5) is 0 Å². The van der Waals surface area contributed by atoms with Crippen molar-refractivity contribution in [2.75, 3.05) is 65.6 Å². The van der Waals surface area contributed by atoms with Crippen LogP contribution in [0.3, 0.4) is 0 Å². The second-order valence-electron chi connectivity index (χ2n) is 7.25. The van der Waals surface area contributed by atoms with Crippen molar-refractivity contribution >= 4 is 0 Å². The first-order valence-electron chi connectivity index (χ1n) is 11.5. The van der Waals surface area contributed by atoms with E-state index in [0.29, 0.717) is 6.04 Å². The Hall–Kier alpha value is -0.160. The number of hydrogen-bond donors (Lipinski definition) is 0. The fourth-order valence-corrected chi connectivity index (χ4v) is 3.64. The largest absolute Gasteiger partial charge is 0.380 e. The molecule has 0 aliphatic carbocycles. The number of ether oxygens (including phenoxy) is 1. The lowest BCUT2D eigenvalue weighted by molar-refractivity contribution is 0.0580. The molecule has 2 saturated heterocycles. The first kappa shape index (κ1) is 25.8. The first-order valence-corrected chi connectivity index (χ1v) is 11.5. The molecule has 0 spiro atoms. The molecule has 0 bridgehead atoms. The molecule has 0 amide bonds. The van der Waals surface area contributed by atoms with E-state index in [2.05, 4.69) is 35.5 Å². The molecule has 2 heterocycles. The Morgan fingerprint density at radius 3 is 1.88 bits per heavy atom. The summed E-state index contributed by atoms with van der Waals surface area (Å²) < 4.78 is 5.90. The summed E-state index contributed by atoms with van der Waals surface area (Å²) in [5.74, 6) is 0.900. The normalized spacial score (nSPS) is 20.3. The Kier molecular flexibility index (Phi) is 16.9. The van der Waals surface area contributed by atoms with Crippen molar-refractivity contribution in [3.05, 3.63) is 0 Å². The standard InChI is InChI=1S/C18H37N3O.2C2H6/c1-4-19-8-5-18(6-9-19)7-15-22-16-14-20-10-12-21(13-11-20)17(2)3;2*1-2/h17-18H,4-16H2,1-3H3;2*1-2H3.